The minimum atomic E-state index is -4.45. The van der Waals surface area contributed by atoms with Crippen LogP contribution in [0.5, 0.6) is 11.5 Å². The van der Waals surface area contributed by atoms with Crippen LogP contribution in [0.4, 0.5) is 13.2 Å². The Balaban J connectivity index is 1.61. The molecule has 26 heavy (non-hydrogen) atoms. The van der Waals surface area contributed by atoms with E-state index in [9.17, 15) is 22.8 Å². The maximum absolute atomic E-state index is 12.5. The summed E-state index contributed by atoms with van der Waals surface area (Å²) in [4.78, 5) is 24.4. The molecule has 0 N–H and O–H groups in total. The summed E-state index contributed by atoms with van der Waals surface area (Å²) in [7, 11) is 0. The molecule has 0 unspecified atom stereocenters. The van der Waals surface area contributed by atoms with Crippen molar-refractivity contribution in [2.75, 3.05) is 13.2 Å². The van der Waals surface area contributed by atoms with Gasteiger partial charge in [0.15, 0.2) is 23.1 Å². The van der Waals surface area contributed by atoms with E-state index in [-0.39, 0.29) is 30.0 Å². The Morgan fingerprint density at radius 3 is 1.96 bits per heavy atom. The third-order valence-corrected chi connectivity index (χ3v) is 3.98. The van der Waals surface area contributed by atoms with Crippen LogP contribution < -0.4 is 9.47 Å². The Bertz CT molecular complexity index is 826. The highest BCUT2D eigenvalue weighted by Gasteiger charge is 2.30. The first-order valence-electron chi connectivity index (χ1n) is 7.98. The average Bonchev–Trinajstić information content (AvgIpc) is 2.64. The van der Waals surface area contributed by atoms with Gasteiger partial charge in [-0.1, -0.05) is 12.1 Å². The topological polar surface area (TPSA) is 52.6 Å². The second-order valence-corrected chi connectivity index (χ2v) is 5.78. The van der Waals surface area contributed by atoms with E-state index in [0.29, 0.717) is 30.3 Å². The highest BCUT2D eigenvalue weighted by molar-refractivity contribution is 6.02. The third kappa shape index (κ3) is 4.04. The molecular formula is C19H15F3O4. The molecule has 0 saturated carbocycles. The molecule has 0 fully saturated rings. The summed E-state index contributed by atoms with van der Waals surface area (Å²) in [6, 6.07) is 8.77. The van der Waals surface area contributed by atoms with Gasteiger partial charge in [-0.05, 0) is 30.3 Å². The second-order valence-electron chi connectivity index (χ2n) is 5.78. The third-order valence-electron chi connectivity index (χ3n) is 3.98. The van der Waals surface area contributed by atoms with Crippen molar-refractivity contribution < 1.29 is 32.2 Å². The van der Waals surface area contributed by atoms with Gasteiger partial charge in [0.2, 0.25) is 0 Å². The Morgan fingerprint density at radius 1 is 0.808 bits per heavy atom. The number of hydrogen-bond donors (Lipinski definition) is 0. The summed E-state index contributed by atoms with van der Waals surface area (Å²) in [5.41, 5.74) is -0.274. The van der Waals surface area contributed by atoms with E-state index in [1.807, 2.05) is 0 Å². The fraction of sp³-hybridized carbons (Fsp3) is 0.263. The number of alkyl halides is 3. The normalized spacial score (nSPS) is 13.3. The summed E-state index contributed by atoms with van der Waals surface area (Å²) in [6.45, 7) is 0.846. The number of fused-ring (bicyclic) bond motifs is 1. The number of rotatable bonds is 5. The van der Waals surface area contributed by atoms with Crippen LogP contribution in [0.1, 0.15) is 39.1 Å². The smallest absolute Gasteiger partial charge is 0.416 e. The molecule has 0 saturated heterocycles. The van der Waals surface area contributed by atoms with Crippen molar-refractivity contribution in [1.82, 2.24) is 0 Å². The predicted octanol–water partition coefficient (Wildman–Crippen LogP) is 4.32. The number of carbonyl (C=O) groups is 2. The standard InChI is InChI=1S/C19H15F3O4/c20-19(21,22)14-4-1-12(2-5-14)15(23)6-7-16(24)13-3-8-17-18(11-13)26-10-9-25-17/h1-5,8,11H,6-7,9-10H2. The molecule has 0 spiro atoms. The van der Waals surface area contributed by atoms with Crippen LogP contribution in [-0.4, -0.2) is 24.8 Å². The molecule has 0 amide bonds. The van der Waals surface area contributed by atoms with Crippen LogP contribution in [-0.2, 0) is 6.18 Å². The quantitative estimate of drug-likeness (QED) is 0.742. The number of ether oxygens (including phenoxy) is 2. The monoisotopic (exact) mass is 364 g/mol. The van der Waals surface area contributed by atoms with Gasteiger partial charge in [-0.3, -0.25) is 9.59 Å². The van der Waals surface area contributed by atoms with E-state index in [0.717, 1.165) is 24.3 Å². The number of benzene rings is 2. The second kappa shape index (κ2) is 7.19. The van der Waals surface area contributed by atoms with Gasteiger partial charge in [-0.25, -0.2) is 0 Å². The first kappa shape index (κ1) is 18.0. The summed E-state index contributed by atoms with van der Waals surface area (Å²) in [5, 5.41) is 0. The van der Waals surface area contributed by atoms with Crippen molar-refractivity contribution in [2.45, 2.75) is 19.0 Å². The average molecular weight is 364 g/mol. The highest BCUT2D eigenvalue weighted by Crippen LogP contribution is 2.31. The zero-order valence-electron chi connectivity index (χ0n) is 13.6. The Kier molecular flexibility index (Phi) is 4.97. The number of halogens is 3. The maximum Gasteiger partial charge on any atom is 0.416 e. The van der Waals surface area contributed by atoms with Gasteiger partial charge in [-0.2, -0.15) is 13.2 Å². The summed E-state index contributed by atoms with van der Waals surface area (Å²) >= 11 is 0. The molecule has 3 rings (SSSR count). The number of hydrogen-bond acceptors (Lipinski definition) is 4. The summed E-state index contributed by atoms with van der Waals surface area (Å²) < 4.78 is 48.4. The molecule has 1 heterocycles. The molecule has 4 nitrogen and oxygen atoms in total. The van der Waals surface area contributed by atoms with Gasteiger partial charge in [0.05, 0.1) is 5.56 Å². The lowest BCUT2D eigenvalue weighted by atomic mass is 10.0. The van der Waals surface area contributed by atoms with Crippen molar-refractivity contribution in [3.05, 3.63) is 59.2 Å². The molecule has 2 aromatic carbocycles. The van der Waals surface area contributed by atoms with Crippen molar-refractivity contribution in [2.24, 2.45) is 0 Å². The molecule has 7 heteroatoms. The zero-order valence-corrected chi connectivity index (χ0v) is 13.6. The van der Waals surface area contributed by atoms with Gasteiger partial charge in [0.25, 0.3) is 0 Å². The number of Topliss-reactive ketones (excluding diaryl/α,β-unsaturated/α-hetero) is 2. The predicted molar refractivity (Wildman–Crippen MR) is 86.8 cm³/mol. The Morgan fingerprint density at radius 2 is 1.35 bits per heavy atom. The first-order valence-corrected chi connectivity index (χ1v) is 7.98. The molecule has 0 atom stereocenters. The zero-order chi connectivity index (χ0) is 18.7. The Labute approximate surface area is 147 Å². The van der Waals surface area contributed by atoms with E-state index >= 15 is 0 Å². The van der Waals surface area contributed by atoms with Gasteiger partial charge >= 0.3 is 6.18 Å². The molecule has 0 aromatic heterocycles. The van der Waals surface area contributed by atoms with E-state index in [2.05, 4.69) is 0 Å². The maximum atomic E-state index is 12.5. The van der Waals surface area contributed by atoms with Crippen LogP contribution in [0.25, 0.3) is 0 Å². The van der Waals surface area contributed by atoms with Crippen molar-refractivity contribution in [3.63, 3.8) is 0 Å². The van der Waals surface area contributed by atoms with E-state index in [1.54, 1.807) is 18.2 Å². The van der Waals surface area contributed by atoms with Crippen molar-refractivity contribution in [3.8, 4) is 11.5 Å². The van der Waals surface area contributed by atoms with E-state index in [4.69, 9.17) is 9.47 Å². The largest absolute Gasteiger partial charge is 0.486 e. The Hall–Kier alpha value is -2.83. The van der Waals surface area contributed by atoms with Gasteiger partial charge in [0.1, 0.15) is 13.2 Å². The van der Waals surface area contributed by atoms with Crippen LogP contribution in [0, 0.1) is 0 Å². The van der Waals surface area contributed by atoms with Gasteiger partial charge in [0, 0.05) is 24.0 Å². The fourth-order valence-corrected chi connectivity index (χ4v) is 2.58. The van der Waals surface area contributed by atoms with Crippen molar-refractivity contribution in [1.29, 1.82) is 0 Å². The molecular weight excluding hydrogens is 349 g/mol. The number of ketones is 2. The molecule has 0 radical (unpaired) electrons. The van der Waals surface area contributed by atoms with Gasteiger partial charge in [-0.15, -0.1) is 0 Å². The lowest BCUT2D eigenvalue weighted by Crippen LogP contribution is -2.16. The van der Waals surface area contributed by atoms with E-state index in [1.165, 1.54) is 0 Å². The lowest BCUT2D eigenvalue weighted by molar-refractivity contribution is -0.137. The van der Waals surface area contributed by atoms with Crippen LogP contribution in [0.15, 0.2) is 42.5 Å². The lowest BCUT2D eigenvalue weighted by Gasteiger charge is -2.18. The SMILES string of the molecule is O=C(CCC(=O)c1ccc2c(c1)OCCO2)c1ccc(C(F)(F)F)cc1. The summed E-state index contributed by atoms with van der Waals surface area (Å²) in [6.07, 6.45) is -4.58. The first-order chi connectivity index (χ1) is 12.3. The summed E-state index contributed by atoms with van der Waals surface area (Å²) in [5.74, 6) is 0.414. The van der Waals surface area contributed by atoms with Gasteiger partial charge < -0.3 is 9.47 Å². The van der Waals surface area contributed by atoms with E-state index < -0.39 is 11.7 Å². The van der Waals surface area contributed by atoms with Crippen molar-refractivity contribution >= 4 is 11.6 Å². The molecule has 2 aromatic rings. The molecule has 136 valence electrons. The molecule has 0 aliphatic carbocycles. The van der Waals surface area contributed by atoms with Crippen LogP contribution in [0.2, 0.25) is 0 Å². The highest BCUT2D eigenvalue weighted by atomic mass is 19.4. The molecule has 0 bridgehead atoms. The van der Waals surface area contributed by atoms with Crippen LogP contribution >= 0.6 is 0 Å². The minimum absolute atomic E-state index is 0.0422. The molecule has 1 aliphatic heterocycles. The fourth-order valence-electron chi connectivity index (χ4n) is 2.58. The molecule has 1 aliphatic rings. The van der Waals surface area contributed by atoms with Crippen LogP contribution in [0.3, 0.4) is 0 Å². The number of carbonyl (C=O) groups excluding carboxylic acids is 2. The minimum Gasteiger partial charge on any atom is -0.486 e.